The summed E-state index contributed by atoms with van der Waals surface area (Å²) in [5.41, 5.74) is 1.78. The average Bonchev–Trinajstić information content (AvgIpc) is 2.56. The minimum atomic E-state index is -0.605. The van der Waals surface area contributed by atoms with Crippen LogP contribution >= 0.6 is 0 Å². The third-order valence-corrected chi connectivity index (χ3v) is 4.71. The van der Waals surface area contributed by atoms with Crippen molar-refractivity contribution in [3.63, 3.8) is 0 Å². The first-order valence-corrected chi connectivity index (χ1v) is 8.43. The van der Waals surface area contributed by atoms with Gasteiger partial charge in [0, 0.05) is 31.3 Å². The first-order chi connectivity index (χ1) is 11.1. The molecule has 0 saturated carbocycles. The smallest absolute Gasteiger partial charge is 0.135 e. The van der Waals surface area contributed by atoms with Crippen LogP contribution in [0.5, 0.6) is 0 Å². The molecule has 1 aromatic heterocycles. The summed E-state index contributed by atoms with van der Waals surface area (Å²) in [4.78, 5) is 11.2. The Morgan fingerprint density at radius 3 is 2.52 bits per heavy atom. The Kier molecular flexibility index (Phi) is 4.62. The molecule has 0 atom stereocenters. The maximum absolute atomic E-state index is 10.9. The van der Waals surface area contributed by atoms with Crippen molar-refractivity contribution in [2.75, 3.05) is 18.0 Å². The zero-order valence-corrected chi connectivity index (χ0v) is 14.0. The Hall–Kier alpha value is -1.94. The molecular formula is C19H25N3O. The highest BCUT2D eigenvalue weighted by Gasteiger charge is 2.33. The Bertz CT molecular complexity index is 649. The number of aryl methyl sites for hydroxylation is 2. The summed E-state index contributed by atoms with van der Waals surface area (Å²) in [5, 5.41) is 10.9. The van der Waals surface area contributed by atoms with Crippen LogP contribution in [0.25, 0.3) is 0 Å². The SMILES string of the molecule is CCc1cnc(C)nc1N1CCC(O)(Cc2ccccc2)CC1. The lowest BCUT2D eigenvalue weighted by Gasteiger charge is -2.39. The predicted molar refractivity (Wildman–Crippen MR) is 92.7 cm³/mol. The van der Waals surface area contributed by atoms with E-state index in [0.29, 0.717) is 0 Å². The van der Waals surface area contributed by atoms with E-state index in [0.717, 1.165) is 50.4 Å². The average molecular weight is 311 g/mol. The van der Waals surface area contributed by atoms with Crippen molar-refractivity contribution in [3.05, 3.63) is 53.5 Å². The van der Waals surface area contributed by atoms with E-state index >= 15 is 0 Å². The molecule has 0 amide bonds. The Balaban J connectivity index is 1.70. The van der Waals surface area contributed by atoms with Crippen molar-refractivity contribution in [2.24, 2.45) is 0 Å². The lowest BCUT2D eigenvalue weighted by Crippen LogP contribution is -2.46. The molecule has 1 N–H and O–H groups in total. The van der Waals surface area contributed by atoms with Crippen molar-refractivity contribution in [1.29, 1.82) is 0 Å². The molecule has 2 aromatic rings. The number of hydrogen-bond donors (Lipinski definition) is 1. The second-order valence-corrected chi connectivity index (χ2v) is 6.49. The molecule has 4 heteroatoms. The highest BCUT2D eigenvalue weighted by molar-refractivity contribution is 5.46. The molecule has 3 rings (SSSR count). The fraction of sp³-hybridized carbons (Fsp3) is 0.474. The van der Waals surface area contributed by atoms with Gasteiger partial charge in [0.1, 0.15) is 11.6 Å². The van der Waals surface area contributed by atoms with Crippen molar-refractivity contribution in [1.82, 2.24) is 9.97 Å². The Morgan fingerprint density at radius 1 is 1.17 bits per heavy atom. The third-order valence-electron chi connectivity index (χ3n) is 4.71. The number of aromatic nitrogens is 2. The second kappa shape index (κ2) is 6.67. The van der Waals surface area contributed by atoms with Crippen molar-refractivity contribution >= 4 is 5.82 Å². The number of benzene rings is 1. The van der Waals surface area contributed by atoms with E-state index in [2.05, 4.69) is 33.9 Å². The fourth-order valence-corrected chi connectivity index (χ4v) is 3.29. The van der Waals surface area contributed by atoms with Crippen LogP contribution < -0.4 is 4.90 Å². The van der Waals surface area contributed by atoms with Crippen molar-refractivity contribution in [3.8, 4) is 0 Å². The molecule has 4 nitrogen and oxygen atoms in total. The topological polar surface area (TPSA) is 49.2 Å². The molecule has 0 radical (unpaired) electrons. The highest BCUT2D eigenvalue weighted by Crippen LogP contribution is 2.30. The van der Waals surface area contributed by atoms with Gasteiger partial charge in [0.2, 0.25) is 0 Å². The van der Waals surface area contributed by atoms with Crippen molar-refractivity contribution < 1.29 is 5.11 Å². The van der Waals surface area contributed by atoms with Crippen LogP contribution in [0.4, 0.5) is 5.82 Å². The standard InChI is InChI=1S/C19H25N3O/c1-3-17-14-20-15(2)21-18(17)22-11-9-19(23,10-12-22)13-16-7-5-4-6-8-16/h4-8,14,23H,3,9-13H2,1-2H3. The molecule has 1 saturated heterocycles. The zero-order valence-electron chi connectivity index (χ0n) is 14.0. The van der Waals surface area contributed by atoms with Gasteiger partial charge in [-0.25, -0.2) is 9.97 Å². The first-order valence-electron chi connectivity index (χ1n) is 8.43. The van der Waals surface area contributed by atoms with E-state index in [-0.39, 0.29) is 0 Å². The van der Waals surface area contributed by atoms with Gasteiger partial charge < -0.3 is 10.0 Å². The van der Waals surface area contributed by atoms with E-state index in [1.807, 2.05) is 31.3 Å². The molecule has 0 spiro atoms. The molecule has 23 heavy (non-hydrogen) atoms. The van der Waals surface area contributed by atoms with Gasteiger partial charge >= 0.3 is 0 Å². The van der Waals surface area contributed by atoms with Gasteiger partial charge in [0.05, 0.1) is 5.60 Å². The minimum absolute atomic E-state index is 0.605. The summed E-state index contributed by atoms with van der Waals surface area (Å²) in [5.74, 6) is 1.85. The van der Waals surface area contributed by atoms with E-state index < -0.39 is 5.60 Å². The second-order valence-electron chi connectivity index (χ2n) is 6.49. The maximum atomic E-state index is 10.9. The van der Waals surface area contributed by atoms with Crippen LogP contribution in [0.3, 0.4) is 0 Å². The molecule has 1 aromatic carbocycles. The molecule has 1 fully saturated rings. The van der Waals surface area contributed by atoms with Gasteiger partial charge in [0.15, 0.2) is 0 Å². The zero-order chi connectivity index (χ0) is 16.3. The van der Waals surface area contributed by atoms with E-state index in [4.69, 9.17) is 0 Å². The Labute approximate surface area is 138 Å². The van der Waals surface area contributed by atoms with Crippen LogP contribution in [-0.2, 0) is 12.8 Å². The lowest BCUT2D eigenvalue weighted by atomic mass is 9.85. The largest absolute Gasteiger partial charge is 0.389 e. The third kappa shape index (κ3) is 3.70. The van der Waals surface area contributed by atoms with E-state index in [1.165, 1.54) is 11.1 Å². The normalized spacial score (nSPS) is 17.3. The van der Waals surface area contributed by atoms with Crippen LogP contribution in [-0.4, -0.2) is 33.8 Å². The highest BCUT2D eigenvalue weighted by atomic mass is 16.3. The van der Waals surface area contributed by atoms with Gasteiger partial charge in [0.25, 0.3) is 0 Å². The van der Waals surface area contributed by atoms with E-state index in [9.17, 15) is 5.11 Å². The van der Waals surface area contributed by atoms with E-state index in [1.54, 1.807) is 0 Å². The Morgan fingerprint density at radius 2 is 1.87 bits per heavy atom. The van der Waals surface area contributed by atoms with Gasteiger partial charge in [-0.2, -0.15) is 0 Å². The van der Waals surface area contributed by atoms with Gasteiger partial charge in [-0.15, -0.1) is 0 Å². The summed E-state index contributed by atoms with van der Waals surface area (Å²) < 4.78 is 0. The summed E-state index contributed by atoms with van der Waals surface area (Å²) in [6.07, 6.45) is 5.14. The molecule has 0 unspecified atom stereocenters. The summed E-state index contributed by atoms with van der Waals surface area (Å²) in [6, 6.07) is 10.3. The monoisotopic (exact) mass is 311 g/mol. The van der Waals surface area contributed by atoms with Crippen LogP contribution in [0, 0.1) is 6.92 Å². The number of aliphatic hydroxyl groups is 1. The fourth-order valence-electron chi connectivity index (χ4n) is 3.29. The number of piperidine rings is 1. The predicted octanol–water partition coefficient (Wildman–Crippen LogP) is 2.92. The maximum Gasteiger partial charge on any atom is 0.135 e. The molecule has 0 bridgehead atoms. The minimum Gasteiger partial charge on any atom is -0.389 e. The van der Waals surface area contributed by atoms with Crippen LogP contribution in [0.2, 0.25) is 0 Å². The number of hydrogen-bond acceptors (Lipinski definition) is 4. The molecule has 122 valence electrons. The summed E-state index contributed by atoms with van der Waals surface area (Å²) in [7, 11) is 0. The van der Waals surface area contributed by atoms with Gasteiger partial charge in [-0.1, -0.05) is 37.3 Å². The number of anilines is 1. The van der Waals surface area contributed by atoms with Crippen molar-refractivity contribution in [2.45, 2.75) is 45.1 Å². The van der Waals surface area contributed by atoms with Gasteiger partial charge in [-0.3, -0.25) is 0 Å². The molecular weight excluding hydrogens is 286 g/mol. The molecule has 2 heterocycles. The lowest BCUT2D eigenvalue weighted by molar-refractivity contribution is 0.0164. The molecule has 1 aliphatic heterocycles. The first kappa shape index (κ1) is 15.9. The quantitative estimate of drug-likeness (QED) is 0.943. The summed E-state index contributed by atoms with van der Waals surface area (Å²) in [6.45, 7) is 5.74. The summed E-state index contributed by atoms with van der Waals surface area (Å²) >= 11 is 0. The molecule has 1 aliphatic rings. The van der Waals surface area contributed by atoms with Crippen LogP contribution in [0.15, 0.2) is 36.5 Å². The number of nitrogens with zero attached hydrogens (tertiary/aromatic N) is 3. The van der Waals surface area contributed by atoms with Gasteiger partial charge in [-0.05, 0) is 31.7 Å². The molecule has 0 aliphatic carbocycles. The van der Waals surface area contributed by atoms with Crippen LogP contribution in [0.1, 0.15) is 36.7 Å². The number of rotatable bonds is 4.